The minimum Gasteiger partial charge on any atom is -0.368 e. The molecule has 0 bridgehead atoms. The number of likely N-dealkylation sites (tertiary alicyclic amines) is 1. The van der Waals surface area contributed by atoms with Crippen LogP contribution in [0.25, 0.3) is 0 Å². The van der Waals surface area contributed by atoms with Crippen LogP contribution in [0.4, 0.5) is 0 Å². The van der Waals surface area contributed by atoms with Gasteiger partial charge in [-0.1, -0.05) is 6.92 Å². The van der Waals surface area contributed by atoms with Gasteiger partial charge in [-0.15, -0.1) is 11.3 Å². The topological polar surface area (TPSA) is 63.4 Å². The molecule has 0 aliphatic carbocycles. The highest BCUT2D eigenvalue weighted by atomic mass is 32.1. The summed E-state index contributed by atoms with van der Waals surface area (Å²) in [6.07, 6.45) is 1.95. The Kier molecular flexibility index (Phi) is 4.24. The number of thiophene rings is 1. The number of hydrogen-bond donors (Lipinski definition) is 1. The van der Waals surface area contributed by atoms with Crippen molar-refractivity contribution in [1.82, 2.24) is 4.90 Å². The van der Waals surface area contributed by atoms with E-state index in [1.807, 2.05) is 6.92 Å². The Bertz CT molecular complexity index is 484. The summed E-state index contributed by atoms with van der Waals surface area (Å²) in [5.41, 5.74) is 6.65. The summed E-state index contributed by atoms with van der Waals surface area (Å²) >= 11 is 1.73. The van der Waals surface area contributed by atoms with Crippen molar-refractivity contribution >= 4 is 23.2 Å². The molecular weight excluding hydrogens is 260 g/mol. The van der Waals surface area contributed by atoms with Crippen LogP contribution in [0.2, 0.25) is 0 Å². The van der Waals surface area contributed by atoms with Crippen LogP contribution in [0.1, 0.15) is 42.5 Å². The van der Waals surface area contributed by atoms with Gasteiger partial charge >= 0.3 is 0 Å². The Morgan fingerprint density at radius 1 is 1.63 bits per heavy atom. The van der Waals surface area contributed by atoms with E-state index in [1.54, 1.807) is 16.2 Å². The number of nitrogens with zero attached hydrogens (tertiary/aromatic N) is 1. The van der Waals surface area contributed by atoms with Gasteiger partial charge in [0, 0.05) is 23.8 Å². The Hall–Kier alpha value is -1.36. The normalized spacial score (nSPS) is 21.5. The maximum absolute atomic E-state index is 12.0. The number of carbonyl (C=O) groups excluding carboxylic acids is 2. The number of hydrogen-bond acceptors (Lipinski definition) is 3. The van der Waals surface area contributed by atoms with Crippen LogP contribution < -0.4 is 5.73 Å². The molecule has 2 rings (SSSR count). The van der Waals surface area contributed by atoms with Crippen LogP contribution in [0.5, 0.6) is 0 Å². The summed E-state index contributed by atoms with van der Waals surface area (Å²) in [4.78, 5) is 26.4. The van der Waals surface area contributed by atoms with E-state index in [9.17, 15) is 9.59 Å². The fourth-order valence-corrected chi connectivity index (χ4v) is 3.68. The molecule has 4 nitrogen and oxygen atoms in total. The Morgan fingerprint density at radius 2 is 2.37 bits per heavy atom. The van der Waals surface area contributed by atoms with Gasteiger partial charge in [0.2, 0.25) is 11.8 Å². The number of aryl methyl sites for hydroxylation is 1. The number of carbonyl (C=O) groups is 2. The predicted molar refractivity (Wildman–Crippen MR) is 76.0 cm³/mol. The molecule has 104 valence electrons. The first-order valence-corrected chi connectivity index (χ1v) is 7.54. The second kappa shape index (κ2) is 5.74. The SMILES string of the molecule is CCC(C(N)=O)N1CC(c2cc(C)cs2)CCC1=O. The molecule has 2 N–H and O–H groups in total. The van der Waals surface area contributed by atoms with Crippen LogP contribution in [0.15, 0.2) is 11.4 Å². The monoisotopic (exact) mass is 280 g/mol. The molecule has 1 aromatic heterocycles. The number of piperidine rings is 1. The van der Waals surface area contributed by atoms with Crippen molar-refractivity contribution < 1.29 is 9.59 Å². The van der Waals surface area contributed by atoms with Gasteiger partial charge in [-0.2, -0.15) is 0 Å². The first-order valence-electron chi connectivity index (χ1n) is 6.66. The summed E-state index contributed by atoms with van der Waals surface area (Å²) in [6, 6.07) is 1.71. The summed E-state index contributed by atoms with van der Waals surface area (Å²) in [6.45, 7) is 4.58. The van der Waals surface area contributed by atoms with Crippen molar-refractivity contribution in [1.29, 1.82) is 0 Å². The van der Waals surface area contributed by atoms with Crippen LogP contribution in [0.3, 0.4) is 0 Å². The van der Waals surface area contributed by atoms with E-state index in [0.717, 1.165) is 6.42 Å². The second-order valence-electron chi connectivity index (χ2n) is 5.13. The van der Waals surface area contributed by atoms with Crippen molar-refractivity contribution in [3.8, 4) is 0 Å². The Balaban J connectivity index is 2.15. The smallest absolute Gasteiger partial charge is 0.240 e. The van der Waals surface area contributed by atoms with E-state index in [0.29, 0.717) is 25.3 Å². The number of primary amides is 1. The van der Waals surface area contributed by atoms with Crippen molar-refractivity contribution in [2.45, 2.75) is 45.1 Å². The number of nitrogens with two attached hydrogens (primary N) is 1. The lowest BCUT2D eigenvalue weighted by atomic mass is 9.94. The summed E-state index contributed by atoms with van der Waals surface area (Å²) in [5.74, 6) is -0.0150. The van der Waals surface area contributed by atoms with Gasteiger partial charge in [-0.05, 0) is 36.8 Å². The van der Waals surface area contributed by atoms with Crippen molar-refractivity contribution in [3.63, 3.8) is 0 Å². The van der Waals surface area contributed by atoms with Crippen LogP contribution in [-0.2, 0) is 9.59 Å². The zero-order valence-electron chi connectivity index (χ0n) is 11.4. The van der Waals surface area contributed by atoms with E-state index >= 15 is 0 Å². The molecule has 0 spiro atoms. The molecule has 2 unspecified atom stereocenters. The maximum Gasteiger partial charge on any atom is 0.240 e. The zero-order chi connectivity index (χ0) is 14.0. The van der Waals surface area contributed by atoms with Crippen LogP contribution >= 0.6 is 11.3 Å². The Labute approximate surface area is 117 Å². The highest BCUT2D eigenvalue weighted by Gasteiger charge is 2.33. The maximum atomic E-state index is 12.0. The molecule has 1 saturated heterocycles. The molecule has 1 aromatic rings. The largest absolute Gasteiger partial charge is 0.368 e. The summed E-state index contributed by atoms with van der Waals surface area (Å²) in [5, 5.41) is 2.13. The highest BCUT2D eigenvalue weighted by Crippen LogP contribution is 2.32. The van der Waals surface area contributed by atoms with Gasteiger partial charge in [-0.3, -0.25) is 9.59 Å². The van der Waals surface area contributed by atoms with Gasteiger partial charge in [0.05, 0.1) is 0 Å². The van der Waals surface area contributed by atoms with E-state index in [-0.39, 0.29) is 5.91 Å². The minimum absolute atomic E-state index is 0.0511. The lowest BCUT2D eigenvalue weighted by molar-refractivity contribution is -0.142. The van der Waals surface area contributed by atoms with Crippen molar-refractivity contribution in [2.24, 2.45) is 5.73 Å². The van der Waals surface area contributed by atoms with Crippen molar-refractivity contribution in [3.05, 3.63) is 21.9 Å². The van der Waals surface area contributed by atoms with Crippen molar-refractivity contribution in [2.75, 3.05) is 6.54 Å². The molecule has 5 heteroatoms. The third-order valence-electron chi connectivity index (χ3n) is 3.69. The molecular formula is C14H20N2O2S. The van der Waals surface area contributed by atoms with Gasteiger partial charge in [0.1, 0.15) is 6.04 Å². The van der Waals surface area contributed by atoms with Gasteiger partial charge in [0.15, 0.2) is 0 Å². The summed E-state index contributed by atoms with van der Waals surface area (Å²) < 4.78 is 0. The van der Waals surface area contributed by atoms with E-state index in [2.05, 4.69) is 18.4 Å². The Morgan fingerprint density at radius 3 is 2.89 bits per heavy atom. The predicted octanol–water partition coefficient (Wildman–Crippen LogP) is 2.03. The molecule has 0 aromatic carbocycles. The first-order chi connectivity index (χ1) is 9.02. The number of amides is 2. The third kappa shape index (κ3) is 2.97. The molecule has 1 fully saturated rings. The van der Waals surface area contributed by atoms with Gasteiger partial charge in [-0.25, -0.2) is 0 Å². The molecule has 1 aliphatic rings. The number of rotatable bonds is 4. The van der Waals surface area contributed by atoms with Crippen LogP contribution in [-0.4, -0.2) is 29.3 Å². The molecule has 2 heterocycles. The fourth-order valence-electron chi connectivity index (χ4n) is 2.65. The van der Waals surface area contributed by atoms with Crippen LogP contribution in [0, 0.1) is 6.92 Å². The molecule has 1 aliphatic heterocycles. The van der Waals surface area contributed by atoms with Gasteiger partial charge < -0.3 is 10.6 Å². The standard InChI is InChI=1S/C14H20N2O2S/c1-3-11(14(15)18)16-7-10(4-5-13(16)17)12-6-9(2)8-19-12/h6,8,10-11H,3-5,7H2,1-2H3,(H2,15,18). The van der Waals surface area contributed by atoms with Gasteiger partial charge in [0.25, 0.3) is 0 Å². The van der Waals surface area contributed by atoms with E-state index in [4.69, 9.17) is 5.73 Å². The van der Waals surface area contributed by atoms with E-state index < -0.39 is 11.9 Å². The average Bonchev–Trinajstić information content (AvgIpc) is 2.79. The molecule has 2 amide bonds. The fraction of sp³-hybridized carbons (Fsp3) is 0.571. The molecule has 19 heavy (non-hydrogen) atoms. The lowest BCUT2D eigenvalue weighted by Gasteiger charge is -2.36. The first kappa shape index (κ1) is 14.1. The lowest BCUT2D eigenvalue weighted by Crippen LogP contribution is -2.51. The molecule has 2 atom stereocenters. The zero-order valence-corrected chi connectivity index (χ0v) is 12.2. The average molecular weight is 280 g/mol. The second-order valence-corrected chi connectivity index (χ2v) is 6.08. The minimum atomic E-state index is -0.462. The third-order valence-corrected chi connectivity index (χ3v) is 4.90. The molecule has 0 radical (unpaired) electrons. The highest BCUT2D eigenvalue weighted by molar-refractivity contribution is 7.10. The summed E-state index contributed by atoms with van der Waals surface area (Å²) in [7, 11) is 0. The van der Waals surface area contributed by atoms with E-state index in [1.165, 1.54) is 10.4 Å². The quantitative estimate of drug-likeness (QED) is 0.917. The molecule has 0 saturated carbocycles.